The Morgan fingerprint density at radius 2 is 1.96 bits per heavy atom. The van der Waals surface area contributed by atoms with E-state index >= 15 is 0 Å². The summed E-state index contributed by atoms with van der Waals surface area (Å²) in [4.78, 5) is 1.58. The Bertz CT molecular complexity index is 879. The summed E-state index contributed by atoms with van der Waals surface area (Å²) in [6, 6.07) is 11.5. The molecule has 0 atom stereocenters. The molecule has 6 heteroatoms. The first-order valence-electron chi connectivity index (χ1n) is 7.21. The number of aryl methyl sites for hydroxylation is 1. The fraction of sp³-hybridized carbons (Fsp3) is 0.176. The first-order chi connectivity index (χ1) is 11.1. The number of nitrogens with one attached hydrogen (secondary N) is 1. The van der Waals surface area contributed by atoms with E-state index < -0.39 is 0 Å². The quantitative estimate of drug-likeness (QED) is 0.721. The van der Waals surface area contributed by atoms with Crippen LogP contribution in [0.1, 0.15) is 12.5 Å². The third-order valence-electron chi connectivity index (χ3n) is 3.39. The summed E-state index contributed by atoms with van der Waals surface area (Å²) in [6.45, 7) is 3.61. The smallest absolute Gasteiger partial charge is 0.121 e. The van der Waals surface area contributed by atoms with E-state index in [-0.39, 0.29) is 5.76 Å². The minimum atomic E-state index is 0.194. The number of aliphatic hydroxyl groups is 1. The molecule has 0 unspecified atom stereocenters. The maximum atomic E-state index is 9.35. The first-order valence-corrected chi connectivity index (χ1v) is 7.21. The monoisotopic (exact) mass is 310 g/mol. The topological polar surface area (TPSA) is 72.2 Å². The van der Waals surface area contributed by atoms with E-state index in [1.165, 1.54) is 6.20 Å². The molecule has 3 rings (SSSR count). The molecule has 0 amide bonds. The fourth-order valence-electron chi connectivity index (χ4n) is 2.24. The number of rotatable bonds is 4. The molecule has 1 heterocycles. The highest BCUT2D eigenvalue weighted by Crippen LogP contribution is 2.24. The number of aliphatic hydroxyl groups excluding tert-OH is 1. The number of anilines is 1. The van der Waals surface area contributed by atoms with Gasteiger partial charge in [0.05, 0.1) is 12.8 Å². The molecule has 3 aromatic rings. The lowest BCUT2D eigenvalue weighted by atomic mass is 10.2. The van der Waals surface area contributed by atoms with Crippen LogP contribution in [0.2, 0.25) is 0 Å². The van der Waals surface area contributed by atoms with E-state index in [1.54, 1.807) is 18.8 Å². The van der Waals surface area contributed by atoms with Crippen LogP contribution in [0.15, 0.2) is 48.4 Å². The maximum Gasteiger partial charge on any atom is 0.121 e. The van der Waals surface area contributed by atoms with E-state index in [0.717, 1.165) is 33.7 Å². The van der Waals surface area contributed by atoms with Gasteiger partial charge in [-0.2, -0.15) is 0 Å². The second-order valence-electron chi connectivity index (χ2n) is 5.29. The predicted molar refractivity (Wildman–Crippen MR) is 90.2 cm³/mol. The third-order valence-corrected chi connectivity index (χ3v) is 3.39. The van der Waals surface area contributed by atoms with Crippen molar-refractivity contribution < 1.29 is 9.84 Å². The van der Waals surface area contributed by atoms with Gasteiger partial charge in [0.2, 0.25) is 0 Å². The average molecular weight is 310 g/mol. The molecule has 118 valence electrons. The van der Waals surface area contributed by atoms with E-state index in [4.69, 9.17) is 4.74 Å². The number of ether oxygens (including phenoxy) is 1. The van der Waals surface area contributed by atoms with Crippen molar-refractivity contribution >= 4 is 16.7 Å². The van der Waals surface area contributed by atoms with E-state index in [0.29, 0.717) is 0 Å². The lowest BCUT2D eigenvalue weighted by Crippen LogP contribution is -2.04. The maximum absolute atomic E-state index is 9.35. The highest BCUT2D eigenvalue weighted by Gasteiger charge is 2.10. The van der Waals surface area contributed by atoms with Crippen LogP contribution in [0.3, 0.4) is 0 Å². The summed E-state index contributed by atoms with van der Waals surface area (Å²) >= 11 is 0. The lowest BCUT2D eigenvalue weighted by molar-refractivity contribution is 0.413. The molecular weight excluding hydrogens is 292 g/mol. The molecule has 0 spiro atoms. The van der Waals surface area contributed by atoms with E-state index in [9.17, 15) is 5.11 Å². The van der Waals surface area contributed by atoms with Crippen LogP contribution in [0.25, 0.3) is 16.7 Å². The predicted octanol–water partition coefficient (Wildman–Crippen LogP) is 3.57. The minimum absolute atomic E-state index is 0.194. The molecular formula is C17H18N4O2. The first kappa shape index (κ1) is 14.9. The lowest BCUT2D eigenvalue weighted by Gasteiger charge is -2.09. The number of allylic oxidation sites excluding steroid dienone is 1. The van der Waals surface area contributed by atoms with Gasteiger partial charge in [-0.3, -0.25) is 0 Å². The zero-order valence-electron chi connectivity index (χ0n) is 13.2. The van der Waals surface area contributed by atoms with Crippen molar-refractivity contribution in [1.29, 1.82) is 0 Å². The zero-order chi connectivity index (χ0) is 16.4. The summed E-state index contributed by atoms with van der Waals surface area (Å²) < 4.78 is 5.22. The number of hydrogen-bond acceptors (Lipinski definition) is 5. The van der Waals surface area contributed by atoms with Crippen LogP contribution in [-0.2, 0) is 0 Å². The summed E-state index contributed by atoms with van der Waals surface area (Å²) in [5.41, 5.74) is 4.24. The Balaban J connectivity index is 2.09. The van der Waals surface area contributed by atoms with Gasteiger partial charge >= 0.3 is 0 Å². The van der Waals surface area contributed by atoms with Crippen LogP contribution in [0.4, 0.5) is 5.69 Å². The van der Waals surface area contributed by atoms with Crippen LogP contribution < -0.4 is 10.1 Å². The molecule has 2 aromatic carbocycles. The number of aromatic nitrogens is 3. The van der Waals surface area contributed by atoms with Gasteiger partial charge in [-0.1, -0.05) is 6.07 Å². The van der Waals surface area contributed by atoms with Crippen molar-refractivity contribution in [3.05, 3.63) is 53.9 Å². The van der Waals surface area contributed by atoms with Crippen molar-refractivity contribution in [2.24, 2.45) is 0 Å². The SMILES string of the molecule is COc1ccc2nn(-c3cc(C)ccc3NC=C(C)O)nc2c1. The second kappa shape index (κ2) is 6.00. The molecule has 2 N–H and O–H groups in total. The number of benzene rings is 2. The Kier molecular flexibility index (Phi) is 3.89. The van der Waals surface area contributed by atoms with Gasteiger partial charge in [-0.25, -0.2) is 0 Å². The van der Waals surface area contributed by atoms with E-state index in [2.05, 4.69) is 15.5 Å². The number of methoxy groups -OCH3 is 1. The largest absolute Gasteiger partial charge is 0.511 e. The average Bonchev–Trinajstić information content (AvgIpc) is 2.96. The van der Waals surface area contributed by atoms with E-state index in [1.807, 2.05) is 43.3 Å². The molecule has 0 aliphatic rings. The van der Waals surface area contributed by atoms with Crippen LogP contribution in [-0.4, -0.2) is 27.2 Å². The van der Waals surface area contributed by atoms with Crippen molar-refractivity contribution in [1.82, 2.24) is 15.0 Å². The fourth-order valence-corrected chi connectivity index (χ4v) is 2.24. The van der Waals surface area contributed by atoms with Crippen LogP contribution in [0, 0.1) is 6.92 Å². The van der Waals surface area contributed by atoms with Crippen molar-refractivity contribution in [2.45, 2.75) is 13.8 Å². The summed E-state index contributed by atoms with van der Waals surface area (Å²) in [5, 5.41) is 21.5. The zero-order valence-corrected chi connectivity index (χ0v) is 13.2. The Hall–Kier alpha value is -3.02. The highest BCUT2D eigenvalue weighted by molar-refractivity contribution is 5.76. The summed E-state index contributed by atoms with van der Waals surface area (Å²) in [6.07, 6.45) is 1.53. The van der Waals surface area contributed by atoms with Gasteiger partial charge < -0.3 is 15.2 Å². The molecule has 0 saturated heterocycles. The second-order valence-corrected chi connectivity index (χ2v) is 5.29. The molecule has 0 aliphatic carbocycles. The molecule has 1 aromatic heterocycles. The third kappa shape index (κ3) is 3.11. The van der Waals surface area contributed by atoms with Gasteiger partial charge in [-0.15, -0.1) is 15.0 Å². The Morgan fingerprint density at radius 1 is 1.17 bits per heavy atom. The molecule has 0 bridgehead atoms. The van der Waals surface area contributed by atoms with Gasteiger partial charge in [0.1, 0.15) is 28.2 Å². The molecule has 0 saturated carbocycles. The van der Waals surface area contributed by atoms with Gasteiger partial charge in [0, 0.05) is 12.3 Å². The normalized spacial score (nSPS) is 11.7. The van der Waals surface area contributed by atoms with Gasteiger partial charge in [-0.05, 0) is 43.7 Å². The minimum Gasteiger partial charge on any atom is -0.511 e. The number of nitrogens with zero attached hydrogens (tertiary/aromatic N) is 3. The number of fused-ring (bicyclic) bond motifs is 1. The standard InChI is InChI=1S/C17H18N4O2/c1-11-4-6-15(18-10-12(2)22)17(8-11)21-19-14-7-5-13(23-3)9-16(14)20-21/h4-10,18,22H,1-3H3. The van der Waals surface area contributed by atoms with Crippen molar-refractivity contribution in [3.63, 3.8) is 0 Å². The summed E-state index contributed by atoms with van der Waals surface area (Å²) in [5.74, 6) is 0.936. The van der Waals surface area contributed by atoms with Gasteiger partial charge in [0.25, 0.3) is 0 Å². The Morgan fingerprint density at radius 3 is 2.70 bits per heavy atom. The summed E-state index contributed by atoms with van der Waals surface area (Å²) in [7, 11) is 1.62. The number of hydrogen-bond donors (Lipinski definition) is 2. The van der Waals surface area contributed by atoms with Crippen molar-refractivity contribution in [3.8, 4) is 11.4 Å². The molecule has 0 aliphatic heterocycles. The van der Waals surface area contributed by atoms with Crippen LogP contribution in [0.5, 0.6) is 5.75 Å². The molecule has 6 nitrogen and oxygen atoms in total. The molecule has 23 heavy (non-hydrogen) atoms. The highest BCUT2D eigenvalue weighted by atomic mass is 16.5. The van der Waals surface area contributed by atoms with Crippen molar-refractivity contribution in [2.75, 3.05) is 12.4 Å². The van der Waals surface area contributed by atoms with Gasteiger partial charge in [0.15, 0.2) is 0 Å². The Labute approximate surface area is 134 Å². The molecule has 0 radical (unpaired) electrons. The van der Waals surface area contributed by atoms with Crippen LogP contribution >= 0.6 is 0 Å². The molecule has 0 fully saturated rings.